The van der Waals surface area contributed by atoms with Gasteiger partial charge >= 0.3 is 6.03 Å². The molecule has 2 aliphatic heterocycles. The summed E-state index contributed by atoms with van der Waals surface area (Å²) in [6, 6.07) is 1.97. The van der Waals surface area contributed by atoms with Crippen molar-refractivity contribution in [3.05, 3.63) is 16.0 Å². The Morgan fingerprint density at radius 1 is 1.40 bits per heavy atom. The summed E-state index contributed by atoms with van der Waals surface area (Å²) in [5.41, 5.74) is 1.30. The van der Waals surface area contributed by atoms with Crippen LogP contribution < -0.4 is 10.6 Å². The Balaban J connectivity index is 1.56. The molecule has 0 radical (unpaired) electrons. The smallest absolute Gasteiger partial charge is 0.319 e. The van der Waals surface area contributed by atoms with Gasteiger partial charge in [-0.25, -0.2) is 4.79 Å². The fraction of sp³-hybridized carbons (Fsp3) is 0.647. The first-order valence-electron chi connectivity index (χ1n) is 8.52. The van der Waals surface area contributed by atoms with Crippen molar-refractivity contribution in [2.24, 2.45) is 0 Å². The number of carbonyl (C=O) groups is 1. The Kier molecular flexibility index (Phi) is 5.59. The summed E-state index contributed by atoms with van der Waals surface area (Å²) in [6.45, 7) is 9.17. The summed E-state index contributed by atoms with van der Waals surface area (Å²) in [6.07, 6.45) is 0.683. The maximum atomic E-state index is 12.2. The third-order valence-electron chi connectivity index (χ3n) is 4.44. The van der Waals surface area contributed by atoms with E-state index < -0.39 is 0 Å². The molecule has 25 heavy (non-hydrogen) atoms. The van der Waals surface area contributed by atoms with E-state index in [1.54, 1.807) is 0 Å². The Morgan fingerprint density at radius 3 is 2.88 bits per heavy atom. The lowest BCUT2D eigenvalue weighted by molar-refractivity contribution is -0.0383. The number of ether oxygens (including phenoxy) is 2. The molecular formula is C17H24N4O3S. The number of amides is 2. The Labute approximate surface area is 151 Å². The Hall–Kier alpha value is -1.66. The molecule has 2 amide bonds. The number of rotatable bonds is 4. The highest BCUT2D eigenvalue weighted by Crippen LogP contribution is 2.39. The largest absolute Gasteiger partial charge is 0.379 e. The second-order valence-corrected chi connectivity index (χ2v) is 7.98. The number of nitrogens with one attached hydrogen (secondary N) is 2. The Morgan fingerprint density at radius 2 is 2.16 bits per heavy atom. The molecule has 0 unspecified atom stereocenters. The second-order valence-electron chi connectivity index (χ2n) is 6.88. The molecule has 0 saturated carbocycles. The topological polar surface area (TPSA) is 86.6 Å². The van der Waals surface area contributed by atoms with Crippen molar-refractivity contribution >= 4 is 22.4 Å². The van der Waals surface area contributed by atoms with E-state index in [0.717, 1.165) is 43.3 Å². The SMILES string of the molecule is CC1(C)Cc2c(sc(NC(=O)NCCN3CCOCC3)c2C#N)CO1. The van der Waals surface area contributed by atoms with Gasteiger partial charge in [0.2, 0.25) is 0 Å². The van der Waals surface area contributed by atoms with Crippen LogP contribution in [0.4, 0.5) is 9.80 Å². The molecule has 136 valence electrons. The minimum Gasteiger partial charge on any atom is -0.379 e. The molecule has 1 aromatic heterocycles. The maximum Gasteiger partial charge on any atom is 0.319 e. The zero-order valence-corrected chi connectivity index (χ0v) is 15.5. The van der Waals surface area contributed by atoms with Crippen LogP contribution in [0.5, 0.6) is 0 Å². The van der Waals surface area contributed by atoms with Crippen LogP contribution in [0.2, 0.25) is 0 Å². The maximum absolute atomic E-state index is 12.2. The van der Waals surface area contributed by atoms with Crippen LogP contribution in [0.3, 0.4) is 0 Å². The van der Waals surface area contributed by atoms with E-state index in [0.29, 0.717) is 30.1 Å². The van der Waals surface area contributed by atoms with Gasteiger partial charge in [0, 0.05) is 37.5 Å². The number of thiophene rings is 1. The average Bonchev–Trinajstić information content (AvgIpc) is 2.90. The third kappa shape index (κ3) is 4.50. The number of carbonyl (C=O) groups excluding carboxylic acids is 1. The van der Waals surface area contributed by atoms with Crippen LogP contribution in [0.25, 0.3) is 0 Å². The number of nitriles is 1. The highest BCUT2D eigenvalue weighted by atomic mass is 32.1. The third-order valence-corrected chi connectivity index (χ3v) is 5.56. The summed E-state index contributed by atoms with van der Waals surface area (Å²) in [5.74, 6) is 0. The predicted octanol–water partition coefficient (Wildman–Crippen LogP) is 1.92. The second kappa shape index (κ2) is 7.70. The number of anilines is 1. The van der Waals surface area contributed by atoms with Crippen molar-refractivity contribution in [3.8, 4) is 6.07 Å². The molecule has 3 rings (SSSR count). The quantitative estimate of drug-likeness (QED) is 0.852. The van der Waals surface area contributed by atoms with Crippen molar-refractivity contribution in [2.45, 2.75) is 32.5 Å². The van der Waals surface area contributed by atoms with Crippen LogP contribution in [-0.4, -0.2) is 55.9 Å². The van der Waals surface area contributed by atoms with Gasteiger partial charge in [-0.2, -0.15) is 5.26 Å². The number of fused-ring (bicyclic) bond motifs is 1. The lowest BCUT2D eigenvalue weighted by atomic mass is 9.93. The fourth-order valence-corrected chi connectivity index (χ4v) is 4.14. The van der Waals surface area contributed by atoms with Crippen LogP contribution in [0.15, 0.2) is 0 Å². The van der Waals surface area contributed by atoms with Gasteiger partial charge in [-0.1, -0.05) is 0 Å². The average molecular weight is 364 g/mol. The molecule has 2 aliphatic rings. The van der Waals surface area contributed by atoms with Crippen LogP contribution in [0, 0.1) is 11.3 Å². The van der Waals surface area contributed by atoms with Crippen LogP contribution in [0.1, 0.15) is 29.9 Å². The van der Waals surface area contributed by atoms with Crippen LogP contribution in [-0.2, 0) is 22.5 Å². The number of morpholine rings is 1. The van der Waals surface area contributed by atoms with Gasteiger partial charge < -0.3 is 14.8 Å². The minimum atomic E-state index is -0.280. The van der Waals surface area contributed by atoms with Gasteiger partial charge in [-0.05, 0) is 19.4 Å². The van der Waals surface area contributed by atoms with Gasteiger partial charge in [0.1, 0.15) is 11.1 Å². The molecule has 7 nitrogen and oxygen atoms in total. The monoisotopic (exact) mass is 364 g/mol. The van der Waals surface area contributed by atoms with Crippen molar-refractivity contribution in [1.82, 2.24) is 10.2 Å². The van der Waals surface area contributed by atoms with Crippen LogP contribution >= 0.6 is 11.3 Å². The number of hydrogen-bond acceptors (Lipinski definition) is 6. The first-order chi connectivity index (χ1) is 12.0. The molecule has 8 heteroatoms. The predicted molar refractivity (Wildman–Crippen MR) is 95.9 cm³/mol. The number of nitrogens with zero attached hydrogens (tertiary/aromatic N) is 2. The Bertz CT molecular complexity index is 674. The zero-order valence-electron chi connectivity index (χ0n) is 14.7. The van der Waals surface area contributed by atoms with Crippen molar-refractivity contribution < 1.29 is 14.3 Å². The molecule has 0 aromatic carbocycles. The first kappa shape index (κ1) is 18.1. The minimum absolute atomic E-state index is 0.275. The molecule has 1 fully saturated rings. The summed E-state index contributed by atoms with van der Waals surface area (Å²) in [7, 11) is 0. The first-order valence-corrected chi connectivity index (χ1v) is 9.34. The molecule has 0 atom stereocenters. The fourth-order valence-electron chi connectivity index (χ4n) is 3.06. The summed E-state index contributed by atoms with van der Waals surface area (Å²) in [5, 5.41) is 15.8. The highest BCUT2D eigenvalue weighted by Gasteiger charge is 2.31. The molecule has 1 saturated heterocycles. The molecule has 1 aromatic rings. The highest BCUT2D eigenvalue weighted by molar-refractivity contribution is 7.16. The zero-order chi connectivity index (χ0) is 17.9. The van der Waals surface area contributed by atoms with Crippen molar-refractivity contribution in [2.75, 3.05) is 44.7 Å². The molecule has 3 heterocycles. The molecular weight excluding hydrogens is 340 g/mol. The van der Waals surface area contributed by atoms with E-state index in [1.165, 1.54) is 11.3 Å². The molecule has 0 spiro atoms. The van der Waals surface area contributed by atoms with Gasteiger partial charge in [0.15, 0.2) is 0 Å². The summed E-state index contributed by atoms with van der Waals surface area (Å²) < 4.78 is 11.1. The van der Waals surface area contributed by atoms with Crippen molar-refractivity contribution in [3.63, 3.8) is 0 Å². The molecule has 0 bridgehead atoms. The van der Waals surface area contributed by atoms with E-state index in [-0.39, 0.29) is 11.6 Å². The standard InChI is InChI=1S/C17H24N4O3S/c1-17(2)9-12-13(10-18)15(25-14(12)11-24-17)20-16(22)19-3-4-21-5-7-23-8-6-21/h3-9,11H2,1-2H3,(H2,19,20,22). The van der Waals surface area contributed by atoms with Gasteiger partial charge in [0.25, 0.3) is 0 Å². The van der Waals surface area contributed by atoms with E-state index in [2.05, 4.69) is 21.6 Å². The van der Waals surface area contributed by atoms with Gasteiger partial charge in [0.05, 0.1) is 31.0 Å². The molecule has 0 aliphatic carbocycles. The van der Waals surface area contributed by atoms with E-state index in [4.69, 9.17) is 9.47 Å². The van der Waals surface area contributed by atoms with Gasteiger partial charge in [-0.15, -0.1) is 11.3 Å². The summed E-state index contributed by atoms with van der Waals surface area (Å²) >= 11 is 1.43. The van der Waals surface area contributed by atoms with Gasteiger partial charge in [-0.3, -0.25) is 10.2 Å². The lowest BCUT2D eigenvalue weighted by Gasteiger charge is -2.29. The normalized spacial score (nSPS) is 19.7. The van der Waals surface area contributed by atoms with E-state index in [1.807, 2.05) is 13.8 Å². The number of urea groups is 1. The summed E-state index contributed by atoms with van der Waals surface area (Å²) in [4.78, 5) is 15.4. The van der Waals surface area contributed by atoms with Crippen molar-refractivity contribution in [1.29, 1.82) is 5.26 Å². The van der Waals surface area contributed by atoms with E-state index in [9.17, 15) is 10.1 Å². The molecule has 2 N–H and O–H groups in total. The lowest BCUT2D eigenvalue weighted by Crippen LogP contribution is -2.42. The number of hydrogen-bond donors (Lipinski definition) is 2. The van der Waals surface area contributed by atoms with E-state index >= 15 is 0 Å².